The zero-order valence-electron chi connectivity index (χ0n) is 18.9. The molecule has 0 spiro atoms. The second-order valence-corrected chi connectivity index (χ2v) is 9.37. The Labute approximate surface area is 199 Å². The summed E-state index contributed by atoms with van der Waals surface area (Å²) in [7, 11) is 0. The number of rotatable bonds is 5. The second kappa shape index (κ2) is 10.4. The highest BCUT2D eigenvalue weighted by atomic mass is 35.5. The molecule has 2 aromatic rings. The van der Waals surface area contributed by atoms with Crippen molar-refractivity contribution >= 4 is 29.3 Å². The molecule has 1 atom stereocenters. The van der Waals surface area contributed by atoms with Gasteiger partial charge in [0, 0.05) is 42.3 Å². The van der Waals surface area contributed by atoms with Crippen molar-refractivity contribution in [1.29, 1.82) is 0 Å². The minimum atomic E-state index is -0.581. The number of likely N-dealkylation sites (tertiary alicyclic amines) is 2. The molecule has 33 heavy (non-hydrogen) atoms. The molecule has 174 valence electrons. The van der Waals surface area contributed by atoms with E-state index in [9.17, 15) is 14.4 Å². The molecule has 2 saturated heterocycles. The Kier molecular flexibility index (Phi) is 7.33. The number of amides is 3. The van der Waals surface area contributed by atoms with Gasteiger partial charge in [0.2, 0.25) is 5.91 Å². The maximum atomic E-state index is 13.4. The first-order valence-corrected chi connectivity index (χ1v) is 12.0. The van der Waals surface area contributed by atoms with E-state index >= 15 is 0 Å². The highest BCUT2D eigenvalue weighted by Gasteiger charge is 2.37. The van der Waals surface area contributed by atoms with Crippen molar-refractivity contribution in [3.05, 3.63) is 70.2 Å². The lowest BCUT2D eigenvalue weighted by atomic mass is 9.87. The van der Waals surface area contributed by atoms with Crippen LogP contribution >= 0.6 is 11.6 Å². The fourth-order valence-corrected chi connectivity index (χ4v) is 4.90. The Balaban J connectivity index is 1.46. The minimum Gasteiger partial charge on any atom is -0.341 e. The SMILES string of the molecule is Cc1ccccc1C(=O)N[C@@H](C(=O)N1CCCC1)C1CCN(C(=O)c2ccc(Cl)cc2)CC1. The molecule has 2 aliphatic heterocycles. The molecule has 2 aliphatic rings. The van der Waals surface area contributed by atoms with E-state index in [1.807, 2.05) is 34.9 Å². The van der Waals surface area contributed by atoms with E-state index in [1.165, 1.54) is 0 Å². The Morgan fingerprint density at radius 1 is 0.909 bits per heavy atom. The summed E-state index contributed by atoms with van der Waals surface area (Å²) in [6, 6.07) is 13.7. The third-order valence-electron chi connectivity index (χ3n) is 6.75. The first kappa shape index (κ1) is 23.3. The van der Waals surface area contributed by atoms with Crippen LogP contribution in [0.1, 0.15) is 52.0 Å². The van der Waals surface area contributed by atoms with Gasteiger partial charge in [-0.3, -0.25) is 14.4 Å². The van der Waals surface area contributed by atoms with Gasteiger partial charge in [0.1, 0.15) is 6.04 Å². The number of halogens is 1. The highest BCUT2D eigenvalue weighted by molar-refractivity contribution is 6.30. The van der Waals surface area contributed by atoms with E-state index in [4.69, 9.17) is 11.6 Å². The molecular formula is C26H30ClN3O3. The van der Waals surface area contributed by atoms with Crippen molar-refractivity contribution in [3.63, 3.8) is 0 Å². The number of piperidine rings is 1. The number of nitrogens with one attached hydrogen (secondary N) is 1. The van der Waals surface area contributed by atoms with Crippen LogP contribution in [0.15, 0.2) is 48.5 Å². The van der Waals surface area contributed by atoms with Crippen molar-refractivity contribution in [3.8, 4) is 0 Å². The van der Waals surface area contributed by atoms with E-state index in [2.05, 4.69) is 5.32 Å². The van der Waals surface area contributed by atoms with E-state index in [0.29, 0.717) is 42.1 Å². The van der Waals surface area contributed by atoms with Crippen molar-refractivity contribution in [2.24, 2.45) is 5.92 Å². The summed E-state index contributed by atoms with van der Waals surface area (Å²) in [5.41, 5.74) is 2.08. The number of nitrogens with zero attached hydrogens (tertiary/aromatic N) is 2. The topological polar surface area (TPSA) is 69.7 Å². The highest BCUT2D eigenvalue weighted by Crippen LogP contribution is 2.25. The van der Waals surface area contributed by atoms with Crippen LogP contribution in [0.2, 0.25) is 5.02 Å². The number of carbonyl (C=O) groups is 3. The van der Waals surface area contributed by atoms with Crippen LogP contribution in [0.3, 0.4) is 0 Å². The summed E-state index contributed by atoms with van der Waals surface area (Å²) in [5, 5.41) is 3.65. The number of hydrogen-bond donors (Lipinski definition) is 1. The molecule has 4 rings (SSSR count). The van der Waals surface area contributed by atoms with Crippen LogP contribution in [0.5, 0.6) is 0 Å². The van der Waals surface area contributed by atoms with Gasteiger partial charge in [-0.1, -0.05) is 29.8 Å². The van der Waals surface area contributed by atoms with Crippen molar-refractivity contribution in [2.75, 3.05) is 26.2 Å². The summed E-state index contributed by atoms with van der Waals surface area (Å²) in [5.74, 6) is -0.265. The van der Waals surface area contributed by atoms with Gasteiger partial charge in [-0.15, -0.1) is 0 Å². The molecule has 1 N–H and O–H groups in total. The van der Waals surface area contributed by atoms with Gasteiger partial charge in [-0.05, 0) is 74.4 Å². The predicted molar refractivity (Wildman–Crippen MR) is 128 cm³/mol. The first-order chi connectivity index (χ1) is 15.9. The molecule has 2 heterocycles. The maximum Gasteiger partial charge on any atom is 0.253 e. The number of benzene rings is 2. The van der Waals surface area contributed by atoms with Crippen LogP contribution < -0.4 is 5.32 Å². The molecule has 0 aliphatic carbocycles. The molecule has 2 aromatic carbocycles. The number of hydrogen-bond acceptors (Lipinski definition) is 3. The third-order valence-corrected chi connectivity index (χ3v) is 7.00. The van der Waals surface area contributed by atoms with Crippen LogP contribution in [-0.2, 0) is 4.79 Å². The number of aryl methyl sites for hydroxylation is 1. The van der Waals surface area contributed by atoms with Crippen molar-refractivity contribution in [1.82, 2.24) is 15.1 Å². The largest absolute Gasteiger partial charge is 0.341 e. The van der Waals surface area contributed by atoms with E-state index in [1.54, 1.807) is 30.3 Å². The van der Waals surface area contributed by atoms with Gasteiger partial charge in [-0.25, -0.2) is 0 Å². The smallest absolute Gasteiger partial charge is 0.253 e. The molecule has 6 nitrogen and oxygen atoms in total. The van der Waals surface area contributed by atoms with Crippen LogP contribution in [0.25, 0.3) is 0 Å². The monoisotopic (exact) mass is 467 g/mol. The lowest BCUT2D eigenvalue weighted by Crippen LogP contribution is -2.54. The molecule has 2 fully saturated rings. The van der Waals surface area contributed by atoms with Gasteiger partial charge < -0.3 is 15.1 Å². The molecular weight excluding hydrogens is 438 g/mol. The molecule has 0 aromatic heterocycles. The average Bonchev–Trinajstić information content (AvgIpc) is 3.38. The lowest BCUT2D eigenvalue weighted by Gasteiger charge is -2.37. The van der Waals surface area contributed by atoms with E-state index in [-0.39, 0.29) is 23.6 Å². The lowest BCUT2D eigenvalue weighted by molar-refractivity contribution is -0.134. The van der Waals surface area contributed by atoms with Gasteiger partial charge in [0.25, 0.3) is 11.8 Å². The predicted octanol–water partition coefficient (Wildman–Crippen LogP) is 3.92. The molecule has 0 unspecified atom stereocenters. The molecule has 3 amide bonds. The molecule has 0 bridgehead atoms. The second-order valence-electron chi connectivity index (χ2n) is 8.93. The van der Waals surface area contributed by atoms with Crippen LogP contribution in [-0.4, -0.2) is 59.7 Å². The summed E-state index contributed by atoms with van der Waals surface area (Å²) >= 11 is 5.94. The fraction of sp³-hybridized carbons (Fsp3) is 0.423. The van der Waals surface area contributed by atoms with E-state index in [0.717, 1.165) is 31.5 Å². The summed E-state index contributed by atoms with van der Waals surface area (Å²) < 4.78 is 0. The Morgan fingerprint density at radius 3 is 2.18 bits per heavy atom. The zero-order chi connectivity index (χ0) is 23.4. The molecule has 0 radical (unpaired) electrons. The van der Waals surface area contributed by atoms with Gasteiger partial charge >= 0.3 is 0 Å². The Morgan fingerprint density at radius 2 is 1.55 bits per heavy atom. The molecule has 7 heteroatoms. The van der Waals surface area contributed by atoms with Gasteiger partial charge in [-0.2, -0.15) is 0 Å². The normalized spacial score (nSPS) is 17.6. The fourth-order valence-electron chi connectivity index (χ4n) is 4.77. The average molecular weight is 468 g/mol. The third kappa shape index (κ3) is 5.38. The Hall–Kier alpha value is -2.86. The maximum absolute atomic E-state index is 13.4. The standard InChI is InChI=1S/C26H30ClN3O3/c1-18-6-2-3-7-22(18)24(31)28-23(26(33)29-14-4-5-15-29)19-12-16-30(17-13-19)25(32)20-8-10-21(27)11-9-20/h2-3,6-11,19,23H,4-5,12-17H2,1H3,(H,28,31)/t23-/m1/s1. The minimum absolute atomic E-state index is 0.00286. The quantitative estimate of drug-likeness (QED) is 0.724. The molecule has 0 saturated carbocycles. The van der Waals surface area contributed by atoms with Crippen LogP contribution in [0, 0.1) is 12.8 Å². The van der Waals surface area contributed by atoms with Crippen molar-refractivity contribution in [2.45, 2.75) is 38.6 Å². The Bertz CT molecular complexity index is 1010. The van der Waals surface area contributed by atoms with E-state index < -0.39 is 6.04 Å². The van der Waals surface area contributed by atoms with Crippen LogP contribution in [0.4, 0.5) is 0 Å². The summed E-state index contributed by atoms with van der Waals surface area (Å²) in [4.78, 5) is 43.0. The number of carbonyl (C=O) groups excluding carboxylic acids is 3. The van der Waals surface area contributed by atoms with Gasteiger partial charge in [0.15, 0.2) is 0 Å². The zero-order valence-corrected chi connectivity index (χ0v) is 19.7. The first-order valence-electron chi connectivity index (χ1n) is 11.6. The van der Waals surface area contributed by atoms with Crippen molar-refractivity contribution < 1.29 is 14.4 Å². The van der Waals surface area contributed by atoms with Gasteiger partial charge in [0.05, 0.1) is 0 Å². The summed E-state index contributed by atoms with van der Waals surface area (Å²) in [6.45, 7) is 4.48. The summed E-state index contributed by atoms with van der Waals surface area (Å²) in [6.07, 6.45) is 3.33.